The summed E-state index contributed by atoms with van der Waals surface area (Å²) in [4.78, 5) is 22.8. The smallest absolute Gasteiger partial charge is 0.302 e. The summed E-state index contributed by atoms with van der Waals surface area (Å²) in [5.74, 6) is -0.544. The maximum atomic E-state index is 11.4. The molecule has 1 atom stereocenters. The third-order valence-corrected chi connectivity index (χ3v) is 6.49. The first kappa shape index (κ1) is 31.4. The van der Waals surface area contributed by atoms with E-state index in [1.165, 1.54) is 70.8 Å². The van der Waals surface area contributed by atoms with Crippen molar-refractivity contribution in [1.29, 1.82) is 0 Å². The molecule has 6 heteroatoms. The normalized spacial score (nSPS) is 12.0. The molecule has 0 radical (unpaired) electrons. The molecule has 0 bridgehead atoms. The molecule has 0 fully saturated rings. The van der Waals surface area contributed by atoms with Gasteiger partial charge in [-0.25, -0.2) is 0 Å². The third-order valence-electron chi connectivity index (χ3n) is 6.49. The van der Waals surface area contributed by atoms with Crippen molar-refractivity contribution in [1.82, 2.24) is 0 Å². The molecular weight excluding hydrogens is 438 g/mol. The van der Waals surface area contributed by atoms with E-state index in [0.29, 0.717) is 26.1 Å². The summed E-state index contributed by atoms with van der Waals surface area (Å²) >= 11 is 0. The van der Waals surface area contributed by atoms with E-state index in [4.69, 9.17) is 9.47 Å². The predicted molar refractivity (Wildman–Crippen MR) is 129 cm³/mol. The summed E-state index contributed by atoms with van der Waals surface area (Å²) in [6.07, 6.45) is 14.0. The molecule has 0 spiro atoms. The first-order valence-electron chi connectivity index (χ1n) is 12.6. The van der Waals surface area contributed by atoms with E-state index in [1.807, 2.05) is 18.2 Å². The van der Waals surface area contributed by atoms with Crippen LogP contribution in [0.15, 0.2) is 30.3 Å². The molecule has 0 saturated carbocycles. The number of hydrogen-bond donors (Lipinski definition) is 1. The first-order chi connectivity index (χ1) is 15.4. The van der Waals surface area contributed by atoms with Crippen molar-refractivity contribution in [3.63, 3.8) is 0 Å². The largest absolute Gasteiger partial charge is 1.00 e. The molecular formula is C27H46ClNO4. The lowest BCUT2D eigenvalue weighted by atomic mass is 9.68. The highest BCUT2D eigenvalue weighted by molar-refractivity contribution is 5.66. The van der Waals surface area contributed by atoms with Crippen LogP contribution in [-0.4, -0.2) is 31.2 Å². The molecule has 5 nitrogen and oxygen atoms in total. The quantitative estimate of drug-likeness (QED) is 0.257. The fourth-order valence-corrected chi connectivity index (χ4v) is 4.56. The highest BCUT2D eigenvalue weighted by Crippen LogP contribution is 2.36. The summed E-state index contributed by atoms with van der Waals surface area (Å²) in [5, 5.41) is 0. The topological polar surface area (TPSA) is 80.2 Å². The minimum atomic E-state index is -0.299. The van der Waals surface area contributed by atoms with E-state index >= 15 is 0 Å². The van der Waals surface area contributed by atoms with Crippen molar-refractivity contribution in [2.75, 3.05) is 13.2 Å². The van der Waals surface area contributed by atoms with Gasteiger partial charge in [-0.2, -0.15) is 0 Å². The molecule has 0 saturated heterocycles. The molecule has 1 aromatic rings. The Hall–Kier alpha value is -1.59. The van der Waals surface area contributed by atoms with Gasteiger partial charge in [-0.1, -0.05) is 88.6 Å². The molecule has 1 rings (SSSR count). The average Bonchev–Trinajstić information content (AvgIpc) is 2.77. The van der Waals surface area contributed by atoms with E-state index in [0.717, 1.165) is 12.8 Å². The van der Waals surface area contributed by atoms with Gasteiger partial charge in [-0.15, -0.1) is 0 Å². The highest BCUT2D eigenvalue weighted by atomic mass is 35.5. The van der Waals surface area contributed by atoms with Crippen LogP contribution in [0, 0.1) is 0 Å². The molecule has 0 aromatic heterocycles. The summed E-state index contributed by atoms with van der Waals surface area (Å²) in [7, 11) is 0. The Bertz CT molecular complexity index is 618. The number of unbranched alkanes of at least 4 members (excludes halogenated alkanes) is 8. The van der Waals surface area contributed by atoms with Crippen molar-refractivity contribution < 1.29 is 37.2 Å². The lowest BCUT2D eigenvalue weighted by Crippen LogP contribution is -3.00. The number of carbonyl (C=O) groups is 2. The van der Waals surface area contributed by atoms with Gasteiger partial charge in [0.15, 0.2) is 0 Å². The maximum absolute atomic E-state index is 11.4. The van der Waals surface area contributed by atoms with E-state index < -0.39 is 0 Å². The zero-order chi connectivity index (χ0) is 23.7. The van der Waals surface area contributed by atoms with Crippen molar-refractivity contribution in [2.24, 2.45) is 0 Å². The number of carbonyl (C=O) groups excluding carboxylic acids is 2. The molecule has 0 aliphatic heterocycles. The van der Waals surface area contributed by atoms with Gasteiger partial charge in [0, 0.05) is 20.3 Å². The molecule has 0 heterocycles. The second-order valence-electron chi connectivity index (χ2n) is 9.02. The second kappa shape index (κ2) is 18.8. The van der Waals surface area contributed by atoms with E-state index in [-0.39, 0.29) is 35.8 Å². The lowest BCUT2D eigenvalue weighted by Gasteiger charge is -2.37. The Morgan fingerprint density at radius 2 is 1.27 bits per heavy atom. The van der Waals surface area contributed by atoms with Crippen LogP contribution in [0.3, 0.4) is 0 Å². The van der Waals surface area contributed by atoms with Crippen LogP contribution in [0.2, 0.25) is 0 Å². The molecule has 1 unspecified atom stereocenters. The Labute approximate surface area is 207 Å². The monoisotopic (exact) mass is 483 g/mol. The molecule has 0 aliphatic carbocycles. The standard InChI is InChI=1S/C27H45NO4.ClH/c1-4-5-6-7-8-9-10-11-15-18-26(28)27(19-21-31-23(2)29,20-22-32-24(3)30)25-16-13-12-14-17-25;/h12-14,16-17,26H,4-11,15,18-22,28H2,1-3H3;1H. The first-order valence-corrected chi connectivity index (χ1v) is 12.6. The number of halogens is 1. The van der Waals surface area contributed by atoms with E-state index in [1.54, 1.807) is 0 Å². The number of quaternary nitrogens is 1. The van der Waals surface area contributed by atoms with Gasteiger partial charge in [-0.3, -0.25) is 9.59 Å². The number of ether oxygens (including phenoxy) is 2. The van der Waals surface area contributed by atoms with Crippen LogP contribution >= 0.6 is 0 Å². The van der Waals surface area contributed by atoms with Gasteiger partial charge in [0.2, 0.25) is 0 Å². The van der Waals surface area contributed by atoms with Gasteiger partial charge in [-0.05, 0) is 24.8 Å². The minimum absolute atomic E-state index is 0. The van der Waals surface area contributed by atoms with Crippen LogP contribution in [0.25, 0.3) is 0 Å². The number of benzene rings is 1. The predicted octanol–water partition coefficient (Wildman–Crippen LogP) is 2.37. The van der Waals surface area contributed by atoms with Crippen molar-refractivity contribution in [3.8, 4) is 0 Å². The van der Waals surface area contributed by atoms with E-state index in [2.05, 4.69) is 24.8 Å². The summed E-state index contributed by atoms with van der Waals surface area (Å²) < 4.78 is 10.6. The van der Waals surface area contributed by atoms with Crippen LogP contribution in [0.1, 0.15) is 103 Å². The summed E-state index contributed by atoms with van der Waals surface area (Å²) in [6, 6.07) is 10.5. The number of rotatable bonds is 18. The van der Waals surface area contributed by atoms with Gasteiger partial charge in [0.05, 0.1) is 24.7 Å². The second-order valence-corrected chi connectivity index (χ2v) is 9.02. The molecule has 3 N–H and O–H groups in total. The number of hydrogen-bond acceptors (Lipinski definition) is 4. The zero-order valence-electron chi connectivity index (χ0n) is 21.1. The van der Waals surface area contributed by atoms with Crippen LogP contribution in [-0.2, 0) is 24.5 Å². The number of esters is 2. The Balaban J connectivity index is 0.0000102. The maximum Gasteiger partial charge on any atom is 0.302 e. The summed E-state index contributed by atoms with van der Waals surface area (Å²) in [5.41, 5.74) is 5.45. The van der Waals surface area contributed by atoms with Gasteiger partial charge >= 0.3 is 11.9 Å². The lowest BCUT2D eigenvalue weighted by molar-refractivity contribution is -0.441. The highest BCUT2D eigenvalue weighted by Gasteiger charge is 2.41. The van der Waals surface area contributed by atoms with Crippen LogP contribution in [0.4, 0.5) is 0 Å². The SMILES string of the molecule is CCCCCCCCCCCC([NH3+])C(CCOC(C)=O)(CCOC(C)=O)c1ccccc1.[Cl-]. The van der Waals surface area contributed by atoms with Crippen LogP contribution < -0.4 is 18.1 Å². The zero-order valence-corrected chi connectivity index (χ0v) is 21.8. The Morgan fingerprint density at radius 3 is 1.73 bits per heavy atom. The fraction of sp³-hybridized carbons (Fsp3) is 0.704. The minimum Gasteiger partial charge on any atom is -1.00 e. The Morgan fingerprint density at radius 1 is 0.818 bits per heavy atom. The van der Waals surface area contributed by atoms with Gasteiger partial charge < -0.3 is 27.6 Å². The summed E-state index contributed by atoms with van der Waals surface area (Å²) in [6.45, 7) is 5.81. The van der Waals surface area contributed by atoms with Crippen molar-refractivity contribution >= 4 is 11.9 Å². The molecule has 0 amide bonds. The van der Waals surface area contributed by atoms with Crippen LogP contribution in [0.5, 0.6) is 0 Å². The third kappa shape index (κ3) is 13.0. The average molecular weight is 484 g/mol. The molecule has 1 aromatic carbocycles. The molecule has 33 heavy (non-hydrogen) atoms. The molecule has 190 valence electrons. The van der Waals surface area contributed by atoms with Crippen molar-refractivity contribution in [2.45, 2.75) is 109 Å². The van der Waals surface area contributed by atoms with Crippen molar-refractivity contribution in [3.05, 3.63) is 35.9 Å². The fourth-order valence-electron chi connectivity index (χ4n) is 4.56. The Kier molecular flexibility index (Phi) is 17.9. The molecule has 0 aliphatic rings. The van der Waals surface area contributed by atoms with Gasteiger partial charge in [0.1, 0.15) is 0 Å². The van der Waals surface area contributed by atoms with E-state index in [9.17, 15) is 9.59 Å². The van der Waals surface area contributed by atoms with Gasteiger partial charge in [0.25, 0.3) is 0 Å².